The molecular weight excluding hydrogens is 398 g/mol. The van der Waals surface area contributed by atoms with Gasteiger partial charge in [0.2, 0.25) is 0 Å². The van der Waals surface area contributed by atoms with Crippen molar-refractivity contribution in [2.75, 3.05) is 27.9 Å². The third-order valence-corrected chi connectivity index (χ3v) is 6.38. The van der Waals surface area contributed by atoms with Gasteiger partial charge in [-0.05, 0) is 58.8 Å². The van der Waals surface area contributed by atoms with Crippen LogP contribution in [0.1, 0.15) is 38.0 Å². The number of ether oxygens (including phenoxy) is 3. The molecule has 1 atom stereocenters. The molecule has 0 aliphatic carbocycles. The maximum atomic E-state index is 13.5. The SMILES string of the molecule is COCc1ccc(C(=O)N2CCc3cc(OC)c(OC)cc3C2c2cccs2)cc1. The van der Waals surface area contributed by atoms with Gasteiger partial charge in [-0.15, -0.1) is 11.3 Å². The lowest BCUT2D eigenvalue weighted by Gasteiger charge is -2.37. The second-order valence-corrected chi connectivity index (χ2v) is 8.18. The first-order valence-corrected chi connectivity index (χ1v) is 10.7. The third-order valence-electron chi connectivity index (χ3n) is 5.46. The van der Waals surface area contributed by atoms with E-state index < -0.39 is 0 Å². The highest BCUT2D eigenvalue weighted by molar-refractivity contribution is 7.10. The largest absolute Gasteiger partial charge is 0.493 e. The molecule has 0 fully saturated rings. The molecule has 1 aliphatic rings. The molecule has 0 saturated carbocycles. The van der Waals surface area contributed by atoms with E-state index in [1.54, 1.807) is 32.7 Å². The normalized spacial score (nSPS) is 15.6. The van der Waals surface area contributed by atoms with Crippen LogP contribution >= 0.6 is 11.3 Å². The van der Waals surface area contributed by atoms with E-state index in [0.717, 1.165) is 28.2 Å². The highest BCUT2D eigenvalue weighted by Crippen LogP contribution is 2.42. The topological polar surface area (TPSA) is 48.0 Å². The van der Waals surface area contributed by atoms with Crippen LogP contribution in [0.2, 0.25) is 0 Å². The van der Waals surface area contributed by atoms with E-state index >= 15 is 0 Å². The third kappa shape index (κ3) is 3.80. The number of amides is 1. The lowest BCUT2D eigenvalue weighted by atomic mass is 9.90. The molecule has 2 heterocycles. The van der Waals surface area contributed by atoms with Gasteiger partial charge in [-0.1, -0.05) is 18.2 Å². The molecule has 4 rings (SSSR count). The van der Waals surface area contributed by atoms with Gasteiger partial charge >= 0.3 is 0 Å². The standard InChI is InChI=1S/C24H25NO4S/c1-27-15-16-6-8-17(9-7-16)24(26)25-11-10-18-13-20(28-2)21(29-3)14-19(18)23(25)22-5-4-12-30-22/h4-9,12-14,23H,10-11,15H2,1-3H3. The summed E-state index contributed by atoms with van der Waals surface area (Å²) in [5.74, 6) is 1.42. The molecule has 30 heavy (non-hydrogen) atoms. The first-order chi connectivity index (χ1) is 14.7. The summed E-state index contributed by atoms with van der Waals surface area (Å²) in [6.45, 7) is 1.18. The average molecular weight is 424 g/mol. The van der Waals surface area contributed by atoms with Crippen molar-refractivity contribution in [3.63, 3.8) is 0 Å². The van der Waals surface area contributed by atoms with Crippen LogP contribution in [0.4, 0.5) is 0 Å². The predicted octanol–water partition coefficient (Wildman–Crippen LogP) is 4.70. The van der Waals surface area contributed by atoms with Crippen LogP contribution in [0.5, 0.6) is 11.5 Å². The summed E-state index contributed by atoms with van der Waals surface area (Å²) in [7, 11) is 4.95. The van der Waals surface area contributed by atoms with Gasteiger partial charge in [-0.3, -0.25) is 4.79 Å². The minimum absolute atomic E-state index is 0.0257. The predicted molar refractivity (Wildman–Crippen MR) is 118 cm³/mol. The quantitative estimate of drug-likeness (QED) is 0.577. The van der Waals surface area contributed by atoms with Gasteiger partial charge in [0.1, 0.15) is 0 Å². The highest BCUT2D eigenvalue weighted by atomic mass is 32.1. The molecule has 1 aliphatic heterocycles. The first kappa shape index (κ1) is 20.4. The van der Waals surface area contributed by atoms with Crippen molar-refractivity contribution in [1.29, 1.82) is 0 Å². The van der Waals surface area contributed by atoms with Gasteiger partial charge in [-0.2, -0.15) is 0 Å². The van der Waals surface area contributed by atoms with Crippen molar-refractivity contribution in [3.05, 3.63) is 81.0 Å². The second-order valence-electron chi connectivity index (χ2n) is 7.20. The molecule has 1 aromatic heterocycles. The molecule has 6 heteroatoms. The number of hydrogen-bond acceptors (Lipinski definition) is 5. The van der Waals surface area contributed by atoms with E-state index in [0.29, 0.717) is 24.5 Å². The molecule has 0 spiro atoms. The zero-order chi connectivity index (χ0) is 21.1. The van der Waals surface area contributed by atoms with Gasteiger partial charge in [0.05, 0.1) is 26.9 Å². The molecular formula is C24H25NO4S. The molecule has 1 amide bonds. The van der Waals surface area contributed by atoms with E-state index in [4.69, 9.17) is 14.2 Å². The van der Waals surface area contributed by atoms with E-state index in [1.807, 2.05) is 52.7 Å². The number of fused-ring (bicyclic) bond motifs is 1. The van der Waals surface area contributed by atoms with Crippen molar-refractivity contribution in [1.82, 2.24) is 4.90 Å². The number of benzene rings is 2. The van der Waals surface area contributed by atoms with Crippen LogP contribution in [-0.4, -0.2) is 38.7 Å². The fourth-order valence-electron chi connectivity index (χ4n) is 3.99. The molecule has 0 radical (unpaired) electrons. The van der Waals surface area contributed by atoms with Crippen molar-refractivity contribution in [3.8, 4) is 11.5 Å². The van der Waals surface area contributed by atoms with Gasteiger partial charge < -0.3 is 19.1 Å². The minimum Gasteiger partial charge on any atom is -0.493 e. The minimum atomic E-state index is -0.153. The summed E-state index contributed by atoms with van der Waals surface area (Å²) in [6, 6.07) is 15.7. The average Bonchev–Trinajstić information content (AvgIpc) is 3.32. The number of carbonyl (C=O) groups excluding carboxylic acids is 1. The smallest absolute Gasteiger partial charge is 0.254 e. The Morgan fingerprint density at radius 1 is 1.07 bits per heavy atom. The molecule has 156 valence electrons. The summed E-state index contributed by atoms with van der Waals surface area (Å²) in [5.41, 5.74) is 4.00. The molecule has 0 bridgehead atoms. The van der Waals surface area contributed by atoms with Crippen LogP contribution in [0.25, 0.3) is 0 Å². The summed E-state index contributed by atoms with van der Waals surface area (Å²) in [5, 5.41) is 2.05. The van der Waals surface area contributed by atoms with Gasteiger partial charge in [-0.25, -0.2) is 0 Å². The number of methoxy groups -OCH3 is 3. The van der Waals surface area contributed by atoms with Crippen LogP contribution < -0.4 is 9.47 Å². The summed E-state index contributed by atoms with van der Waals surface area (Å²) in [4.78, 5) is 16.6. The Kier molecular flexibility index (Phi) is 6.06. The number of thiophene rings is 1. The lowest BCUT2D eigenvalue weighted by Crippen LogP contribution is -2.40. The molecule has 0 saturated heterocycles. The Hall–Kier alpha value is -2.83. The molecule has 3 aromatic rings. The van der Waals surface area contributed by atoms with Crippen molar-refractivity contribution in [2.45, 2.75) is 19.1 Å². The molecule has 2 aromatic carbocycles. The number of rotatable bonds is 6. The van der Waals surface area contributed by atoms with Crippen molar-refractivity contribution in [2.24, 2.45) is 0 Å². The van der Waals surface area contributed by atoms with Crippen LogP contribution in [0.3, 0.4) is 0 Å². The van der Waals surface area contributed by atoms with Gasteiger partial charge in [0, 0.05) is 24.1 Å². The van der Waals surface area contributed by atoms with Gasteiger partial charge in [0.25, 0.3) is 5.91 Å². The van der Waals surface area contributed by atoms with Crippen molar-refractivity contribution >= 4 is 17.2 Å². The van der Waals surface area contributed by atoms with Crippen LogP contribution in [-0.2, 0) is 17.8 Å². The zero-order valence-corrected chi connectivity index (χ0v) is 18.2. The monoisotopic (exact) mass is 423 g/mol. The van der Waals surface area contributed by atoms with E-state index in [2.05, 4.69) is 6.07 Å². The summed E-state index contributed by atoms with van der Waals surface area (Å²) in [6.07, 6.45) is 0.769. The summed E-state index contributed by atoms with van der Waals surface area (Å²) < 4.78 is 16.2. The van der Waals surface area contributed by atoms with E-state index in [9.17, 15) is 4.79 Å². The van der Waals surface area contributed by atoms with Crippen LogP contribution in [0, 0.1) is 0 Å². The summed E-state index contributed by atoms with van der Waals surface area (Å²) >= 11 is 1.66. The Morgan fingerprint density at radius 3 is 2.43 bits per heavy atom. The Balaban J connectivity index is 1.74. The molecule has 5 nitrogen and oxygen atoms in total. The highest BCUT2D eigenvalue weighted by Gasteiger charge is 2.34. The number of nitrogens with zero attached hydrogens (tertiary/aromatic N) is 1. The van der Waals surface area contributed by atoms with Crippen molar-refractivity contribution < 1.29 is 19.0 Å². The number of carbonyl (C=O) groups is 1. The number of hydrogen-bond donors (Lipinski definition) is 0. The van der Waals surface area contributed by atoms with E-state index in [-0.39, 0.29) is 11.9 Å². The fourth-order valence-corrected chi connectivity index (χ4v) is 4.85. The Labute approximate surface area is 180 Å². The Morgan fingerprint density at radius 2 is 1.80 bits per heavy atom. The van der Waals surface area contributed by atoms with Crippen LogP contribution in [0.15, 0.2) is 53.9 Å². The Bertz CT molecular complexity index is 1010. The maximum absolute atomic E-state index is 13.5. The lowest BCUT2D eigenvalue weighted by molar-refractivity contribution is 0.0696. The molecule has 1 unspecified atom stereocenters. The molecule has 0 N–H and O–H groups in total. The second kappa shape index (κ2) is 8.90. The van der Waals surface area contributed by atoms with E-state index in [1.165, 1.54) is 5.56 Å². The fraction of sp³-hybridized carbons (Fsp3) is 0.292. The van der Waals surface area contributed by atoms with Gasteiger partial charge in [0.15, 0.2) is 11.5 Å². The first-order valence-electron chi connectivity index (χ1n) is 9.83. The maximum Gasteiger partial charge on any atom is 0.254 e. The zero-order valence-electron chi connectivity index (χ0n) is 17.4.